The van der Waals surface area contributed by atoms with Crippen LogP contribution in [-0.4, -0.2) is 121 Å². The van der Waals surface area contributed by atoms with E-state index in [1.807, 2.05) is 0 Å². The molecule has 2 amide bonds. The number of alkyl halides is 2. The third-order valence-electron chi connectivity index (χ3n) is 7.76. The summed E-state index contributed by atoms with van der Waals surface area (Å²) in [5.41, 5.74) is 0. The van der Waals surface area contributed by atoms with Crippen molar-refractivity contribution in [1.82, 2.24) is 20.4 Å². The highest BCUT2D eigenvalue weighted by Gasteiger charge is 2.47. The number of ether oxygens (including phenoxy) is 1. The average molecular weight is 477 g/mol. The third kappa shape index (κ3) is 6.12. The molecule has 4 rings (SSSR count). The van der Waals surface area contributed by atoms with Crippen molar-refractivity contribution < 1.29 is 33.8 Å². The number of hydrogen-bond donors (Lipinski definition) is 5. The summed E-state index contributed by atoms with van der Waals surface area (Å²) in [5, 5.41) is 28.2. The Kier molecular flexibility index (Phi) is 8.75. The van der Waals surface area contributed by atoms with Crippen LogP contribution in [0.15, 0.2) is 0 Å². The summed E-state index contributed by atoms with van der Waals surface area (Å²) in [5.74, 6) is 0. The molecule has 1 aliphatic carbocycles. The molecular formula is C22H40F2N5O4+. The number of carbonyl (C=O) groups excluding carboxylic acids is 1. The van der Waals surface area contributed by atoms with E-state index in [1.165, 1.54) is 25.8 Å². The molecule has 0 radical (unpaired) electrons. The fourth-order valence-corrected chi connectivity index (χ4v) is 5.86. The predicted molar refractivity (Wildman–Crippen MR) is 117 cm³/mol. The molecule has 0 spiro atoms. The van der Waals surface area contributed by atoms with Crippen LogP contribution in [0, 0.1) is 0 Å². The van der Waals surface area contributed by atoms with E-state index in [9.17, 15) is 23.8 Å². The van der Waals surface area contributed by atoms with Crippen LogP contribution in [-0.2, 0) is 4.74 Å². The van der Waals surface area contributed by atoms with E-state index in [2.05, 4.69) is 25.8 Å². The van der Waals surface area contributed by atoms with Gasteiger partial charge in [0.05, 0.1) is 31.3 Å². The number of aliphatic hydroxyl groups is 2. The molecule has 0 aromatic rings. The zero-order valence-corrected chi connectivity index (χ0v) is 19.2. The van der Waals surface area contributed by atoms with Gasteiger partial charge < -0.3 is 30.9 Å². The molecule has 1 saturated carbocycles. The summed E-state index contributed by atoms with van der Waals surface area (Å²) in [7, 11) is 0. The van der Waals surface area contributed by atoms with Gasteiger partial charge >= 0.3 is 6.03 Å². The fourth-order valence-electron chi connectivity index (χ4n) is 5.86. The first-order valence-electron chi connectivity index (χ1n) is 12.5. The molecule has 6 N–H and O–H groups in total. The standard InChI is InChI=1S/C22H39F2N5O4/c23-14-4-5-16(15(24)11-14)27-22(32)26-12-17-20(21(31)18(13-30)33-17)29-9-7-28(8-10-29)19-3-1-2-6-25-19/h14-21,25,30-31H,1-13H2,(H2,26,27,32)/p+1/t14?,15?,16?,17-,18+,19?,20-,21-/m1/s1. The van der Waals surface area contributed by atoms with Crippen LogP contribution in [0.3, 0.4) is 0 Å². The van der Waals surface area contributed by atoms with Crippen LogP contribution >= 0.6 is 0 Å². The Hall–Kier alpha value is -1.11. The van der Waals surface area contributed by atoms with Crippen molar-refractivity contribution in [3.8, 4) is 0 Å². The Balaban J connectivity index is 1.28. The molecular weight excluding hydrogens is 436 g/mol. The summed E-state index contributed by atoms with van der Waals surface area (Å²) < 4.78 is 33.2. The van der Waals surface area contributed by atoms with E-state index in [4.69, 9.17) is 4.74 Å². The molecule has 0 aromatic heterocycles. The lowest BCUT2D eigenvalue weighted by atomic mass is 9.92. The number of nitrogens with two attached hydrogens (primary N) is 1. The number of piperidine rings is 1. The summed E-state index contributed by atoms with van der Waals surface area (Å²) >= 11 is 0. The zero-order valence-electron chi connectivity index (χ0n) is 19.2. The number of hydrogen-bond acceptors (Lipinski definition) is 6. The van der Waals surface area contributed by atoms with Gasteiger partial charge in [-0.25, -0.2) is 13.6 Å². The Bertz CT molecular complexity index is 636. The predicted octanol–water partition coefficient (Wildman–Crippen LogP) is -1.31. The van der Waals surface area contributed by atoms with Crippen LogP contribution in [0.4, 0.5) is 13.6 Å². The number of halogens is 2. The second-order valence-electron chi connectivity index (χ2n) is 9.92. The summed E-state index contributed by atoms with van der Waals surface area (Å²) in [6, 6.07) is -1.56. The van der Waals surface area contributed by atoms with Crippen LogP contribution < -0.4 is 16.0 Å². The first-order valence-corrected chi connectivity index (χ1v) is 12.5. The molecule has 0 aromatic carbocycles. The molecule has 3 saturated heterocycles. The molecule has 3 aliphatic heterocycles. The highest BCUT2D eigenvalue weighted by molar-refractivity contribution is 5.74. The molecule has 9 nitrogen and oxygen atoms in total. The lowest BCUT2D eigenvalue weighted by Gasteiger charge is -2.42. The number of aliphatic hydroxyl groups excluding tert-OH is 2. The summed E-state index contributed by atoms with van der Waals surface area (Å²) in [4.78, 5) is 17.1. The Morgan fingerprint density at radius 2 is 1.82 bits per heavy atom. The molecule has 3 heterocycles. The highest BCUT2D eigenvalue weighted by atomic mass is 19.1. The van der Waals surface area contributed by atoms with Crippen molar-refractivity contribution in [3.63, 3.8) is 0 Å². The number of carbonyl (C=O) groups is 1. The number of urea groups is 1. The lowest BCUT2D eigenvalue weighted by Crippen LogP contribution is -2.95. The normalized spacial score (nSPS) is 41.1. The Labute approximate surface area is 194 Å². The number of nitrogens with zero attached hydrogens (tertiary/aromatic N) is 2. The largest absolute Gasteiger partial charge is 0.394 e. The highest BCUT2D eigenvalue weighted by Crippen LogP contribution is 2.27. The molecule has 4 fully saturated rings. The fraction of sp³-hybridized carbons (Fsp3) is 0.955. The minimum atomic E-state index is -1.40. The zero-order chi connectivity index (χ0) is 23.4. The Morgan fingerprint density at radius 3 is 2.48 bits per heavy atom. The molecule has 190 valence electrons. The number of rotatable bonds is 6. The van der Waals surface area contributed by atoms with Gasteiger partial charge in [0.15, 0.2) is 0 Å². The smallest absolute Gasteiger partial charge is 0.315 e. The van der Waals surface area contributed by atoms with Crippen molar-refractivity contribution >= 4 is 6.03 Å². The van der Waals surface area contributed by atoms with Crippen molar-refractivity contribution in [2.75, 3.05) is 45.9 Å². The topological polar surface area (TPSA) is 114 Å². The van der Waals surface area contributed by atoms with Gasteiger partial charge in [0.2, 0.25) is 0 Å². The van der Waals surface area contributed by atoms with Crippen molar-refractivity contribution in [1.29, 1.82) is 0 Å². The van der Waals surface area contributed by atoms with Gasteiger partial charge in [-0.3, -0.25) is 9.80 Å². The third-order valence-corrected chi connectivity index (χ3v) is 7.76. The van der Waals surface area contributed by atoms with Gasteiger partial charge in [-0.15, -0.1) is 0 Å². The number of nitrogens with one attached hydrogen (secondary N) is 2. The molecule has 4 aliphatic rings. The Morgan fingerprint density at radius 1 is 1.06 bits per heavy atom. The minimum absolute atomic E-state index is 0.135. The summed E-state index contributed by atoms with van der Waals surface area (Å²) in [6.45, 7) is 4.39. The van der Waals surface area contributed by atoms with E-state index in [1.54, 1.807) is 0 Å². The van der Waals surface area contributed by atoms with Gasteiger partial charge in [-0.1, -0.05) is 0 Å². The monoisotopic (exact) mass is 476 g/mol. The van der Waals surface area contributed by atoms with E-state index in [-0.39, 0.29) is 38.5 Å². The van der Waals surface area contributed by atoms with Crippen molar-refractivity contribution in [3.05, 3.63) is 0 Å². The van der Waals surface area contributed by atoms with Gasteiger partial charge in [-0.05, 0) is 25.7 Å². The first-order chi connectivity index (χ1) is 16.0. The van der Waals surface area contributed by atoms with E-state index >= 15 is 0 Å². The number of quaternary nitrogens is 1. The van der Waals surface area contributed by atoms with Gasteiger partial charge in [0.1, 0.15) is 30.7 Å². The maximum Gasteiger partial charge on any atom is 0.315 e. The van der Waals surface area contributed by atoms with Crippen LogP contribution in [0.1, 0.15) is 38.5 Å². The van der Waals surface area contributed by atoms with Gasteiger partial charge in [0.25, 0.3) is 0 Å². The van der Waals surface area contributed by atoms with Crippen molar-refractivity contribution in [2.24, 2.45) is 0 Å². The van der Waals surface area contributed by atoms with Gasteiger partial charge in [-0.2, -0.15) is 0 Å². The van der Waals surface area contributed by atoms with E-state index in [0.717, 1.165) is 26.2 Å². The van der Waals surface area contributed by atoms with Crippen LogP contribution in [0.2, 0.25) is 0 Å². The first kappa shape index (κ1) is 25.0. The quantitative estimate of drug-likeness (QED) is 0.326. The molecule has 0 bridgehead atoms. The van der Waals surface area contributed by atoms with Crippen molar-refractivity contribution in [2.45, 2.75) is 87.4 Å². The van der Waals surface area contributed by atoms with Crippen LogP contribution in [0.5, 0.6) is 0 Å². The molecule has 11 heteroatoms. The summed E-state index contributed by atoms with van der Waals surface area (Å²) in [6.07, 6.45) is 0.0124. The van der Waals surface area contributed by atoms with Gasteiger partial charge in [0, 0.05) is 45.6 Å². The average Bonchev–Trinajstić information content (AvgIpc) is 3.15. The second kappa shape index (κ2) is 11.5. The van der Waals surface area contributed by atoms with Crippen LogP contribution in [0.25, 0.3) is 0 Å². The molecule has 4 unspecified atom stereocenters. The second-order valence-corrected chi connectivity index (χ2v) is 9.92. The lowest BCUT2D eigenvalue weighted by molar-refractivity contribution is -0.717. The molecule has 33 heavy (non-hydrogen) atoms. The van der Waals surface area contributed by atoms with E-state index < -0.39 is 42.7 Å². The molecule has 8 atom stereocenters. The SMILES string of the molecule is O=C(NC[C@H]1O[C@@H](CO)[C@@H](O)[C@@H]1N1CCN(C2CCCC[NH2+]2)CC1)NC1CCC(F)CC1F. The number of amides is 2. The van der Waals surface area contributed by atoms with E-state index in [0.29, 0.717) is 6.17 Å². The maximum atomic E-state index is 14.0. The number of piperazine rings is 1. The maximum absolute atomic E-state index is 14.0. The minimum Gasteiger partial charge on any atom is -0.394 e.